The highest BCUT2D eigenvalue weighted by Crippen LogP contribution is 2.40. The van der Waals surface area contributed by atoms with E-state index in [1.165, 1.54) is 43.8 Å². The monoisotopic (exact) mass is 766 g/mol. The van der Waals surface area contributed by atoms with Gasteiger partial charge >= 0.3 is 0 Å². The van der Waals surface area contributed by atoms with Crippen LogP contribution in [0.4, 0.5) is 0 Å². The van der Waals surface area contributed by atoms with Gasteiger partial charge in [-0.25, -0.2) is 15.0 Å². The van der Waals surface area contributed by atoms with E-state index in [2.05, 4.69) is 138 Å². The average molecular weight is 767 g/mol. The summed E-state index contributed by atoms with van der Waals surface area (Å²) in [5.74, 6) is 1.93. The molecule has 9 aromatic carbocycles. The van der Waals surface area contributed by atoms with Gasteiger partial charge in [-0.3, -0.25) is 0 Å². The molecule has 12 rings (SSSR count). The minimum absolute atomic E-state index is 0.634. The maximum absolute atomic E-state index is 6.15. The highest BCUT2D eigenvalue weighted by atomic mass is 16.3. The van der Waals surface area contributed by atoms with E-state index in [0.717, 1.165) is 55.3 Å². The number of rotatable bonds is 6. The minimum atomic E-state index is 0.634. The summed E-state index contributed by atoms with van der Waals surface area (Å²) in [5, 5.41) is 7.11. The molecule has 0 saturated heterocycles. The zero-order chi connectivity index (χ0) is 39.6. The van der Waals surface area contributed by atoms with Crippen LogP contribution in [0.25, 0.3) is 117 Å². The lowest BCUT2D eigenvalue weighted by Gasteiger charge is -2.13. The lowest BCUT2D eigenvalue weighted by molar-refractivity contribution is 0.669. The molecule has 0 N–H and O–H groups in total. The number of nitrogens with zero attached hydrogens (tertiary/aromatic N) is 4. The fourth-order valence-corrected chi connectivity index (χ4v) is 8.82. The molecule has 0 saturated carbocycles. The number of benzene rings is 9. The minimum Gasteiger partial charge on any atom is -0.456 e. The number of fused-ring (bicyclic) bond motifs is 7. The summed E-state index contributed by atoms with van der Waals surface area (Å²) in [5.41, 5.74) is 12.8. The lowest BCUT2D eigenvalue weighted by Crippen LogP contribution is -2.00. The van der Waals surface area contributed by atoms with Crippen LogP contribution in [0.5, 0.6) is 0 Å². The van der Waals surface area contributed by atoms with Crippen molar-refractivity contribution in [1.29, 1.82) is 0 Å². The van der Waals surface area contributed by atoms with Gasteiger partial charge in [0.25, 0.3) is 0 Å². The third-order valence-electron chi connectivity index (χ3n) is 11.7. The number of hydrogen-bond donors (Lipinski definition) is 0. The van der Waals surface area contributed by atoms with Gasteiger partial charge < -0.3 is 8.98 Å². The van der Waals surface area contributed by atoms with Crippen LogP contribution in [0.2, 0.25) is 0 Å². The van der Waals surface area contributed by atoms with E-state index in [-0.39, 0.29) is 0 Å². The summed E-state index contributed by atoms with van der Waals surface area (Å²) in [6.07, 6.45) is 0. The van der Waals surface area contributed by atoms with Gasteiger partial charge in [-0.1, -0.05) is 146 Å². The summed E-state index contributed by atoms with van der Waals surface area (Å²) >= 11 is 0. The number of hydrogen-bond acceptors (Lipinski definition) is 4. The maximum atomic E-state index is 6.15. The summed E-state index contributed by atoms with van der Waals surface area (Å²) in [6.45, 7) is 0. The Hall–Kier alpha value is -8.15. The molecule has 0 spiro atoms. The molecule has 0 aliphatic heterocycles. The summed E-state index contributed by atoms with van der Waals surface area (Å²) in [4.78, 5) is 14.8. The molecule has 0 amide bonds. The van der Waals surface area contributed by atoms with Crippen molar-refractivity contribution in [3.05, 3.63) is 206 Å². The average Bonchev–Trinajstić information content (AvgIpc) is 3.87. The number of furan rings is 1. The molecule has 0 unspecified atom stereocenters. The van der Waals surface area contributed by atoms with Gasteiger partial charge in [0.1, 0.15) is 11.2 Å². The van der Waals surface area contributed by atoms with Gasteiger partial charge in [0, 0.05) is 43.9 Å². The van der Waals surface area contributed by atoms with Gasteiger partial charge in [-0.2, -0.15) is 0 Å². The topological polar surface area (TPSA) is 56.7 Å². The standard InChI is InChI=1S/C55H34N4O/c1-3-13-35(14-4-1)53-56-54(36-15-5-2-6-16-36)58-55(57-53)37-25-29-40(30-26-37)59-49-23-9-7-17-45(49)47-33-38(27-31-50(47)59)41-19-11-22-44-42(20-12-21-43(41)44)39-28-32-52-48(34-39)46-18-8-10-24-51(46)60-52/h1-34H. The van der Waals surface area contributed by atoms with Crippen LogP contribution in [0.15, 0.2) is 211 Å². The molecule has 0 atom stereocenters. The highest BCUT2D eigenvalue weighted by molar-refractivity contribution is 6.13. The normalized spacial score (nSPS) is 11.7. The lowest BCUT2D eigenvalue weighted by atomic mass is 9.92. The van der Waals surface area contributed by atoms with Crippen molar-refractivity contribution in [1.82, 2.24) is 19.5 Å². The molecule has 0 bridgehead atoms. The van der Waals surface area contributed by atoms with E-state index in [1.54, 1.807) is 0 Å². The molecule has 0 fully saturated rings. The SMILES string of the molecule is c1ccc(-c2nc(-c3ccccc3)nc(-c3ccc(-n4c5ccccc5c5cc(-c6cccc7c(-c8ccc9oc%10ccccc%10c9c8)cccc67)ccc54)cc3)n2)cc1. The quantitative estimate of drug-likeness (QED) is 0.169. The van der Waals surface area contributed by atoms with Crippen LogP contribution < -0.4 is 0 Å². The molecule has 5 nitrogen and oxygen atoms in total. The first kappa shape index (κ1) is 33.9. The fourth-order valence-electron chi connectivity index (χ4n) is 8.82. The van der Waals surface area contributed by atoms with Crippen LogP contribution in [0.3, 0.4) is 0 Å². The molecule has 5 heteroatoms. The Morgan fingerprint density at radius 3 is 1.42 bits per heavy atom. The Kier molecular flexibility index (Phi) is 7.78. The van der Waals surface area contributed by atoms with Crippen LogP contribution in [0.1, 0.15) is 0 Å². The van der Waals surface area contributed by atoms with Crippen molar-refractivity contribution < 1.29 is 4.42 Å². The summed E-state index contributed by atoms with van der Waals surface area (Å²) < 4.78 is 8.51. The molecule has 0 radical (unpaired) electrons. The fraction of sp³-hybridized carbons (Fsp3) is 0. The second kappa shape index (κ2) is 13.8. The molecule has 3 heterocycles. The van der Waals surface area contributed by atoms with Crippen LogP contribution in [-0.2, 0) is 0 Å². The molecular weight excluding hydrogens is 733 g/mol. The number of aromatic nitrogens is 4. The molecular formula is C55H34N4O. The Labute approximate surface area is 345 Å². The first-order valence-electron chi connectivity index (χ1n) is 20.2. The van der Waals surface area contributed by atoms with Crippen molar-refractivity contribution in [2.75, 3.05) is 0 Å². The van der Waals surface area contributed by atoms with Gasteiger partial charge in [-0.15, -0.1) is 0 Å². The Balaban J connectivity index is 0.947. The second-order valence-corrected chi connectivity index (χ2v) is 15.2. The third kappa shape index (κ3) is 5.59. The smallest absolute Gasteiger partial charge is 0.164 e. The van der Waals surface area contributed by atoms with Crippen LogP contribution in [-0.4, -0.2) is 19.5 Å². The molecule has 280 valence electrons. The molecule has 0 aliphatic carbocycles. The maximum Gasteiger partial charge on any atom is 0.164 e. The Morgan fingerprint density at radius 2 is 0.767 bits per heavy atom. The molecule has 12 aromatic rings. The first-order chi connectivity index (χ1) is 29.7. The molecule has 3 aromatic heterocycles. The largest absolute Gasteiger partial charge is 0.456 e. The van der Waals surface area contributed by atoms with Crippen LogP contribution in [0, 0.1) is 0 Å². The van der Waals surface area contributed by atoms with Gasteiger partial charge in [0.2, 0.25) is 0 Å². The van der Waals surface area contributed by atoms with Crippen molar-refractivity contribution in [2.24, 2.45) is 0 Å². The van der Waals surface area contributed by atoms with Gasteiger partial charge in [0.15, 0.2) is 17.5 Å². The van der Waals surface area contributed by atoms with E-state index in [9.17, 15) is 0 Å². The Morgan fingerprint density at radius 1 is 0.300 bits per heavy atom. The summed E-state index contributed by atoms with van der Waals surface area (Å²) in [7, 11) is 0. The van der Waals surface area contributed by atoms with E-state index < -0.39 is 0 Å². The zero-order valence-electron chi connectivity index (χ0n) is 32.3. The summed E-state index contributed by atoms with van der Waals surface area (Å²) in [6, 6.07) is 72.4. The zero-order valence-corrected chi connectivity index (χ0v) is 32.3. The van der Waals surface area contributed by atoms with Crippen molar-refractivity contribution in [3.63, 3.8) is 0 Å². The molecule has 60 heavy (non-hydrogen) atoms. The van der Waals surface area contributed by atoms with Crippen molar-refractivity contribution >= 4 is 54.5 Å². The number of para-hydroxylation sites is 2. The predicted octanol–water partition coefficient (Wildman–Crippen LogP) is 14.4. The first-order valence-corrected chi connectivity index (χ1v) is 20.2. The van der Waals surface area contributed by atoms with E-state index in [1.807, 2.05) is 72.8 Å². The van der Waals surface area contributed by atoms with E-state index >= 15 is 0 Å². The van der Waals surface area contributed by atoms with E-state index in [0.29, 0.717) is 17.5 Å². The van der Waals surface area contributed by atoms with Crippen LogP contribution >= 0.6 is 0 Å². The van der Waals surface area contributed by atoms with E-state index in [4.69, 9.17) is 19.4 Å². The second-order valence-electron chi connectivity index (χ2n) is 15.2. The third-order valence-corrected chi connectivity index (χ3v) is 11.7. The molecule has 0 aliphatic rings. The van der Waals surface area contributed by atoms with Gasteiger partial charge in [-0.05, 0) is 93.7 Å². The van der Waals surface area contributed by atoms with Crippen molar-refractivity contribution in [3.8, 4) is 62.1 Å². The van der Waals surface area contributed by atoms with Gasteiger partial charge in [0.05, 0.1) is 11.0 Å². The Bertz CT molecular complexity index is 3530. The highest BCUT2D eigenvalue weighted by Gasteiger charge is 2.17. The van der Waals surface area contributed by atoms with Crippen molar-refractivity contribution in [2.45, 2.75) is 0 Å². The predicted molar refractivity (Wildman–Crippen MR) is 246 cm³/mol.